The number of fused-ring (bicyclic) bond motifs is 1. The Morgan fingerprint density at radius 1 is 1.33 bits per heavy atom. The normalized spacial score (nSPS) is 16.9. The molecule has 0 saturated carbocycles. The summed E-state index contributed by atoms with van der Waals surface area (Å²) in [6.45, 7) is 5.73. The first-order valence-corrected chi connectivity index (χ1v) is 8.70. The molecule has 1 aromatic heterocycles. The SMILES string of the molecule is CCOc1ccc(NC(=O)C(C)N2C(=O)C(C)Oc3ccc(N)nc32)cc1. The fourth-order valence-corrected chi connectivity index (χ4v) is 2.80. The van der Waals surface area contributed by atoms with Gasteiger partial charge in [-0.15, -0.1) is 0 Å². The van der Waals surface area contributed by atoms with Gasteiger partial charge in [0.25, 0.3) is 5.91 Å². The third-order valence-corrected chi connectivity index (χ3v) is 4.18. The largest absolute Gasteiger partial charge is 0.494 e. The number of carbonyl (C=O) groups excluding carboxylic acids is 2. The van der Waals surface area contributed by atoms with E-state index in [2.05, 4.69) is 10.3 Å². The topological polar surface area (TPSA) is 107 Å². The summed E-state index contributed by atoms with van der Waals surface area (Å²) in [6.07, 6.45) is -0.719. The standard InChI is InChI=1S/C19H22N4O4/c1-4-26-14-7-5-13(6-8-14)21-18(24)11(2)23-17-15(9-10-16(20)22-17)27-12(3)19(23)25/h5-12H,4H2,1-3H3,(H2,20,22)(H,21,24). The van der Waals surface area contributed by atoms with Gasteiger partial charge in [-0.05, 0) is 57.2 Å². The van der Waals surface area contributed by atoms with Gasteiger partial charge in [0.15, 0.2) is 17.7 Å². The van der Waals surface area contributed by atoms with Crippen molar-refractivity contribution in [3.8, 4) is 11.5 Å². The summed E-state index contributed by atoms with van der Waals surface area (Å²) < 4.78 is 10.9. The number of nitrogens with two attached hydrogens (primary N) is 1. The minimum Gasteiger partial charge on any atom is -0.494 e. The van der Waals surface area contributed by atoms with Crippen LogP contribution in [0.1, 0.15) is 20.8 Å². The molecular formula is C19H22N4O4. The number of nitrogens with zero attached hydrogens (tertiary/aromatic N) is 2. The van der Waals surface area contributed by atoms with Crippen LogP contribution in [0, 0.1) is 0 Å². The maximum Gasteiger partial charge on any atom is 0.269 e. The van der Waals surface area contributed by atoms with Crippen molar-refractivity contribution in [2.75, 3.05) is 22.6 Å². The molecule has 2 amide bonds. The van der Waals surface area contributed by atoms with Crippen molar-refractivity contribution in [2.24, 2.45) is 0 Å². The smallest absolute Gasteiger partial charge is 0.269 e. The quantitative estimate of drug-likeness (QED) is 0.836. The number of hydrogen-bond acceptors (Lipinski definition) is 6. The molecule has 8 nitrogen and oxygen atoms in total. The van der Waals surface area contributed by atoms with E-state index in [9.17, 15) is 9.59 Å². The van der Waals surface area contributed by atoms with Crippen molar-refractivity contribution in [1.29, 1.82) is 0 Å². The Kier molecular flexibility index (Phi) is 5.16. The average molecular weight is 370 g/mol. The molecule has 27 heavy (non-hydrogen) atoms. The molecule has 0 radical (unpaired) electrons. The van der Waals surface area contributed by atoms with Crippen LogP contribution in [-0.4, -0.2) is 35.6 Å². The van der Waals surface area contributed by atoms with Crippen molar-refractivity contribution in [2.45, 2.75) is 32.9 Å². The molecular weight excluding hydrogens is 348 g/mol. The van der Waals surface area contributed by atoms with Gasteiger partial charge in [-0.3, -0.25) is 14.5 Å². The van der Waals surface area contributed by atoms with Gasteiger partial charge in [0.1, 0.15) is 17.6 Å². The molecule has 0 fully saturated rings. The van der Waals surface area contributed by atoms with E-state index in [0.717, 1.165) is 0 Å². The summed E-state index contributed by atoms with van der Waals surface area (Å²) in [4.78, 5) is 30.9. The first-order valence-electron chi connectivity index (χ1n) is 8.70. The van der Waals surface area contributed by atoms with E-state index in [1.165, 1.54) is 4.90 Å². The predicted molar refractivity (Wildman–Crippen MR) is 102 cm³/mol. The van der Waals surface area contributed by atoms with Crippen LogP contribution in [0.25, 0.3) is 0 Å². The van der Waals surface area contributed by atoms with Crippen LogP contribution in [0.4, 0.5) is 17.3 Å². The second kappa shape index (κ2) is 7.53. The van der Waals surface area contributed by atoms with E-state index in [4.69, 9.17) is 15.2 Å². The molecule has 1 aliphatic rings. The molecule has 2 unspecified atom stereocenters. The van der Waals surface area contributed by atoms with Gasteiger partial charge in [-0.2, -0.15) is 0 Å². The molecule has 1 aliphatic heterocycles. The van der Waals surface area contributed by atoms with Gasteiger partial charge >= 0.3 is 0 Å². The number of amides is 2. The van der Waals surface area contributed by atoms with Gasteiger partial charge in [-0.1, -0.05) is 0 Å². The number of pyridine rings is 1. The highest BCUT2D eigenvalue weighted by Gasteiger charge is 2.38. The fourth-order valence-electron chi connectivity index (χ4n) is 2.80. The molecule has 0 saturated heterocycles. The zero-order valence-corrected chi connectivity index (χ0v) is 15.4. The van der Waals surface area contributed by atoms with Crippen molar-refractivity contribution in [3.05, 3.63) is 36.4 Å². The number of rotatable bonds is 5. The molecule has 8 heteroatoms. The molecule has 2 aromatic rings. The number of nitrogens with one attached hydrogen (secondary N) is 1. The number of ether oxygens (including phenoxy) is 2. The third kappa shape index (κ3) is 3.79. The van der Waals surface area contributed by atoms with Gasteiger partial charge in [-0.25, -0.2) is 4.98 Å². The first-order chi connectivity index (χ1) is 12.9. The number of anilines is 3. The Bertz CT molecular complexity index is 853. The molecule has 0 bridgehead atoms. The van der Waals surface area contributed by atoms with E-state index < -0.39 is 12.1 Å². The van der Waals surface area contributed by atoms with Crippen molar-refractivity contribution < 1.29 is 19.1 Å². The lowest BCUT2D eigenvalue weighted by Gasteiger charge is -2.35. The summed E-state index contributed by atoms with van der Waals surface area (Å²) >= 11 is 0. The molecule has 2 heterocycles. The fraction of sp³-hybridized carbons (Fsp3) is 0.316. The lowest BCUT2D eigenvalue weighted by molar-refractivity contribution is -0.128. The van der Waals surface area contributed by atoms with Gasteiger partial charge in [0, 0.05) is 5.69 Å². The molecule has 142 valence electrons. The summed E-state index contributed by atoms with van der Waals surface area (Å²) in [5.74, 6) is 0.911. The van der Waals surface area contributed by atoms with Crippen LogP contribution >= 0.6 is 0 Å². The van der Waals surface area contributed by atoms with Crippen LogP contribution in [0.15, 0.2) is 36.4 Å². The van der Waals surface area contributed by atoms with Crippen molar-refractivity contribution >= 4 is 29.1 Å². The summed E-state index contributed by atoms with van der Waals surface area (Å²) in [6, 6.07) is 9.44. The summed E-state index contributed by atoms with van der Waals surface area (Å²) in [5, 5.41) is 2.80. The molecule has 0 spiro atoms. The van der Waals surface area contributed by atoms with Crippen molar-refractivity contribution in [1.82, 2.24) is 4.98 Å². The predicted octanol–water partition coefficient (Wildman–Crippen LogP) is 2.20. The first kappa shape index (κ1) is 18.5. The second-order valence-corrected chi connectivity index (χ2v) is 6.15. The van der Waals surface area contributed by atoms with Crippen LogP contribution in [0.5, 0.6) is 11.5 Å². The Morgan fingerprint density at radius 3 is 2.70 bits per heavy atom. The highest BCUT2D eigenvalue weighted by molar-refractivity contribution is 6.07. The second-order valence-electron chi connectivity index (χ2n) is 6.15. The molecule has 2 atom stereocenters. The molecule has 1 aromatic carbocycles. The number of aromatic nitrogens is 1. The number of carbonyl (C=O) groups is 2. The van der Waals surface area contributed by atoms with E-state index in [1.54, 1.807) is 50.2 Å². The van der Waals surface area contributed by atoms with Crippen LogP contribution in [0.2, 0.25) is 0 Å². The van der Waals surface area contributed by atoms with E-state index in [-0.39, 0.29) is 23.5 Å². The van der Waals surface area contributed by atoms with Crippen LogP contribution in [0.3, 0.4) is 0 Å². The Morgan fingerprint density at radius 2 is 2.04 bits per heavy atom. The summed E-state index contributed by atoms with van der Waals surface area (Å²) in [5.41, 5.74) is 6.35. The third-order valence-electron chi connectivity index (χ3n) is 4.18. The van der Waals surface area contributed by atoms with E-state index in [0.29, 0.717) is 23.8 Å². The molecule has 0 aliphatic carbocycles. The highest BCUT2D eigenvalue weighted by atomic mass is 16.5. The monoisotopic (exact) mass is 370 g/mol. The lowest BCUT2D eigenvalue weighted by Crippen LogP contribution is -2.53. The minimum absolute atomic E-state index is 0.240. The van der Waals surface area contributed by atoms with Crippen LogP contribution < -0.4 is 25.4 Å². The summed E-state index contributed by atoms with van der Waals surface area (Å²) in [7, 11) is 0. The van der Waals surface area contributed by atoms with E-state index >= 15 is 0 Å². The average Bonchev–Trinajstić information content (AvgIpc) is 2.64. The van der Waals surface area contributed by atoms with Crippen LogP contribution in [-0.2, 0) is 9.59 Å². The van der Waals surface area contributed by atoms with Gasteiger partial charge in [0.2, 0.25) is 5.91 Å². The number of hydrogen-bond donors (Lipinski definition) is 2. The van der Waals surface area contributed by atoms with Crippen molar-refractivity contribution in [3.63, 3.8) is 0 Å². The molecule has 3 N–H and O–H groups in total. The Hall–Kier alpha value is -3.29. The zero-order valence-electron chi connectivity index (χ0n) is 15.4. The molecule has 3 rings (SSSR count). The Labute approximate surface area is 157 Å². The minimum atomic E-state index is -0.802. The Balaban J connectivity index is 1.81. The number of nitrogen functional groups attached to an aromatic ring is 1. The van der Waals surface area contributed by atoms with Gasteiger partial charge < -0.3 is 20.5 Å². The van der Waals surface area contributed by atoms with E-state index in [1.807, 2.05) is 6.92 Å². The maximum absolute atomic E-state index is 12.7. The zero-order chi connectivity index (χ0) is 19.6. The maximum atomic E-state index is 12.7. The highest BCUT2D eigenvalue weighted by Crippen LogP contribution is 2.34. The number of benzene rings is 1. The lowest BCUT2D eigenvalue weighted by atomic mass is 10.1. The van der Waals surface area contributed by atoms with Gasteiger partial charge in [0.05, 0.1) is 6.61 Å².